The fraction of sp³-hybridized carbons (Fsp3) is 0.364. The number of methoxy groups -OCH3 is 2. The molecule has 44 heavy (non-hydrogen) atoms. The molecular formula is C33H36N4O7. The molecule has 1 unspecified atom stereocenters. The Morgan fingerprint density at radius 3 is 2.30 bits per heavy atom. The van der Waals surface area contributed by atoms with Crippen LogP contribution in [0.25, 0.3) is 0 Å². The predicted molar refractivity (Wildman–Crippen MR) is 162 cm³/mol. The highest BCUT2D eigenvalue weighted by molar-refractivity contribution is 6.04. The Hall–Kier alpha value is -4.61. The number of hydrogen-bond acceptors (Lipinski definition) is 9. The second kappa shape index (κ2) is 13.4. The predicted octanol–water partition coefficient (Wildman–Crippen LogP) is 3.58. The molecule has 3 aliphatic rings. The van der Waals surface area contributed by atoms with E-state index in [-0.39, 0.29) is 31.2 Å². The number of hydrazone groups is 1. The quantitative estimate of drug-likeness (QED) is 0.348. The Morgan fingerprint density at radius 1 is 0.909 bits per heavy atom. The summed E-state index contributed by atoms with van der Waals surface area (Å²) in [7, 11) is 3.20. The minimum Gasteiger partial charge on any atom is -0.497 e. The van der Waals surface area contributed by atoms with Crippen LogP contribution in [0.3, 0.4) is 0 Å². The summed E-state index contributed by atoms with van der Waals surface area (Å²) in [4.78, 5) is 31.8. The molecule has 3 aliphatic heterocycles. The molecule has 0 spiro atoms. The van der Waals surface area contributed by atoms with Crippen LogP contribution < -0.4 is 18.9 Å². The van der Waals surface area contributed by atoms with Gasteiger partial charge in [0.25, 0.3) is 11.8 Å². The lowest BCUT2D eigenvalue weighted by atomic mass is 9.98. The van der Waals surface area contributed by atoms with Gasteiger partial charge in [0.2, 0.25) is 6.79 Å². The van der Waals surface area contributed by atoms with Crippen molar-refractivity contribution in [3.05, 3.63) is 83.4 Å². The third-order valence-electron chi connectivity index (χ3n) is 8.11. The van der Waals surface area contributed by atoms with Gasteiger partial charge in [0.15, 0.2) is 11.5 Å². The third kappa shape index (κ3) is 6.48. The average molecular weight is 601 g/mol. The van der Waals surface area contributed by atoms with Crippen LogP contribution in [0, 0.1) is 0 Å². The van der Waals surface area contributed by atoms with E-state index < -0.39 is 0 Å². The SMILES string of the molecule is COc1ccc(C(=O)N(CCN2CCOCC2)CC(=O)N2N=C(c3ccc(OC)cc3)CC2c2ccc3c(c2)OCO3)cc1. The Bertz CT molecular complexity index is 1500. The van der Waals surface area contributed by atoms with Gasteiger partial charge < -0.3 is 28.6 Å². The maximum Gasteiger partial charge on any atom is 0.262 e. The van der Waals surface area contributed by atoms with Gasteiger partial charge in [0.1, 0.15) is 18.0 Å². The van der Waals surface area contributed by atoms with E-state index in [9.17, 15) is 9.59 Å². The summed E-state index contributed by atoms with van der Waals surface area (Å²) in [5.74, 6) is 2.18. The molecule has 6 rings (SSSR count). The molecule has 0 aromatic heterocycles. The van der Waals surface area contributed by atoms with Gasteiger partial charge in [-0.25, -0.2) is 5.01 Å². The zero-order valence-electron chi connectivity index (χ0n) is 24.9. The molecule has 3 aromatic rings. The zero-order chi connectivity index (χ0) is 30.5. The van der Waals surface area contributed by atoms with Crippen molar-refractivity contribution in [2.45, 2.75) is 12.5 Å². The van der Waals surface area contributed by atoms with Gasteiger partial charge in [-0.1, -0.05) is 6.07 Å². The molecule has 0 aliphatic carbocycles. The molecule has 3 aromatic carbocycles. The molecule has 0 N–H and O–H groups in total. The number of fused-ring (bicyclic) bond motifs is 1. The second-order valence-electron chi connectivity index (χ2n) is 10.8. The lowest BCUT2D eigenvalue weighted by molar-refractivity contribution is -0.133. The highest BCUT2D eigenvalue weighted by Gasteiger charge is 2.35. The van der Waals surface area contributed by atoms with Crippen molar-refractivity contribution in [3.8, 4) is 23.0 Å². The van der Waals surface area contributed by atoms with Gasteiger partial charge in [-0.2, -0.15) is 5.10 Å². The van der Waals surface area contributed by atoms with Crippen LogP contribution in [-0.2, 0) is 9.53 Å². The molecule has 1 atom stereocenters. The smallest absolute Gasteiger partial charge is 0.262 e. The number of ether oxygens (including phenoxy) is 5. The molecule has 0 saturated carbocycles. The molecule has 1 saturated heterocycles. The highest BCUT2D eigenvalue weighted by atomic mass is 16.7. The minimum absolute atomic E-state index is 0.129. The zero-order valence-corrected chi connectivity index (χ0v) is 24.9. The van der Waals surface area contributed by atoms with Gasteiger partial charge >= 0.3 is 0 Å². The fourth-order valence-electron chi connectivity index (χ4n) is 5.57. The largest absolute Gasteiger partial charge is 0.497 e. The van der Waals surface area contributed by atoms with E-state index in [1.54, 1.807) is 43.4 Å². The summed E-state index contributed by atoms with van der Waals surface area (Å²) in [5, 5.41) is 6.34. The standard InChI is InChI=1S/C33H36N4O7/c1-40-26-8-3-23(4-9-26)28-20-29(25-7-12-30-31(19-25)44-22-43-30)37(34-28)32(38)21-36(14-13-35-15-17-42-18-16-35)33(39)24-5-10-27(41-2)11-6-24/h3-12,19,29H,13-18,20-22H2,1-2H3. The number of benzene rings is 3. The third-order valence-corrected chi connectivity index (χ3v) is 8.11. The first-order valence-corrected chi connectivity index (χ1v) is 14.7. The van der Waals surface area contributed by atoms with Crippen LogP contribution in [0.4, 0.5) is 0 Å². The Morgan fingerprint density at radius 2 is 1.59 bits per heavy atom. The van der Waals surface area contributed by atoms with E-state index >= 15 is 0 Å². The van der Waals surface area contributed by atoms with Gasteiger partial charge in [-0.3, -0.25) is 14.5 Å². The van der Waals surface area contributed by atoms with Crippen molar-refractivity contribution >= 4 is 17.5 Å². The summed E-state index contributed by atoms with van der Waals surface area (Å²) in [6.45, 7) is 3.91. The van der Waals surface area contributed by atoms with E-state index in [0.717, 1.165) is 35.7 Å². The highest BCUT2D eigenvalue weighted by Crippen LogP contribution is 2.39. The monoisotopic (exact) mass is 600 g/mol. The number of hydrogen-bond donors (Lipinski definition) is 0. The van der Waals surface area contributed by atoms with E-state index in [1.165, 1.54) is 5.01 Å². The Balaban J connectivity index is 1.27. The van der Waals surface area contributed by atoms with Crippen LogP contribution in [0.1, 0.15) is 33.9 Å². The van der Waals surface area contributed by atoms with Crippen molar-refractivity contribution < 1.29 is 33.3 Å². The number of rotatable bonds is 10. The summed E-state index contributed by atoms with van der Waals surface area (Å²) in [6.07, 6.45) is 0.498. The van der Waals surface area contributed by atoms with Crippen molar-refractivity contribution in [2.75, 3.05) is 67.0 Å². The fourth-order valence-corrected chi connectivity index (χ4v) is 5.57. The summed E-state index contributed by atoms with van der Waals surface area (Å²) < 4.78 is 27.2. The molecule has 0 radical (unpaired) electrons. The maximum absolute atomic E-state index is 14.1. The number of carbonyl (C=O) groups excluding carboxylic acids is 2. The molecule has 1 fully saturated rings. The molecule has 0 bridgehead atoms. The number of nitrogens with zero attached hydrogens (tertiary/aromatic N) is 4. The molecule has 11 nitrogen and oxygen atoms in total. The van der Waals surface area contributed by atoms with E-state index in [4.69, 9.17) is 28.8 Å². The second-order valence-corrected chi connectivity index (χ2v) is 10.8. The Kier molecular flexibility index (Phi) is 8.94. The molecule has 230 valence electrons. The van der Waals surface area contributed by atoms with E-state index in [2.05, 4.69) is 4.90 Å². The molecule has 2 amide bonds. The molecule has 11 heteroatoms. The van der Waals surface area contributed by atoms with Crippen molar-refractivity contribution in [1.82, 2.24) is 14.8 Å². The van der Waals surface area contributed by atoms with Crippen molar-refractivity contribution in [3.63, 3.8) is 0 Å². The first-order chi connectivity index (χ1) is 21.5. The first-order valence-electron chi connectivity index (χ1n) is 14.7. The first kappa shape index (κ1) is 29.5. The summed E-state index contributed by atoms with van der Waals surface area (Å²) >= 11 is 0. The van der Waals surface area contributed by atoms with Crippen molar-refractivity contribution in [2.24, 2.45) is 5.10 Å². The molecular weight excluding hydrogens is 564 g/mol. The maximum atomic E-state index is 14.1. The van der Waals surface area contributed by atoms with Crippen LogP contribution in [-0.4, -0.2) is 99.3 Å². The summed E-state index contributed by atoms with van der Waals surface area (Å²) in [6, 6.07) is 19.9. The van der Waals surface area contributed by atoms with Crippen LogP contribution in [0.5, 0.6) is 23.0 Å². The average Bonchev–Trinajstić information content (AvgIpc) is 3.74. The normalized spacial score (nSPS) is 17.7. The minimum atomic E-state index is -0.383. The number of amides is 2. The molecule has 3 heterocycles. The topological polar surface area (TPSA) is 102 Å². The number of morpholine rings is 1. The van der Waals surface area contributed by atoms with Crippen LogP contribution in [0.2, 0.25) is 0 Å². The van der Waals surface area contributed by atoms with Crippen molar-refractivity contribution in [1.29, 1.82) is 0 Å². The van der Waals surface area contributed by atoms with E-state index in [0.29, 0.717) is 55.5 Å². The number of carbonyl (C=O) groups is 2. The van der Waals surface area contributed by atoms with Gasteiger partial charge in [-0.15, -0.1) is 0 Å². The van der Waals surface area contributed by atoms with Gasteiger partial charge in [0.05, 0.1) is 39.2 Å². The van der Waals surface area contributed by atoms with E-state index in [1.807, 2.05) is 42.5 Å². The Labute approximate surface area is 256 Å². The van der Waals surface area contributed by atoms with Gasteiger partial charge in [0, 0.05) is 38.2 Å². The summed E-state index contributed by atoms with van der Waals surface area (Å²) in [5.41, 5.74) is 3.02. The van der Waals surface area contributed by atoms with Gasteiger partial charge in [-0.05, 0) is 71.8 Å². The lowest BCUT2D eigenvalue weighted by Gasteiger charge is -2.31. The van der Waals surface area contributed by atoms with Crippen LogP contribution in [0.15, 0.2) is 71.8 Å². The lowest BCUT2D eigenvalue weighted by Crippen LogP contribution is -2.46. The van der Waals surface area contributed by atoms with Crippen LogP contribution >= 0.6 is 0 Å².